The lowest BCUT2D eigenvalue weighted by Gasteiger charge is -1.93. The highest BCUT2D eigenvalue weighted by Crippen LogP contribution is 1.76. The van der Waals surface area contributed by atoms with E-state index in [1.165, 1.54) is 6.92 Å². The Morgan fingerprint density at radius 1 is 1.86 bits per heavy atom. The molecule has 0 saturated heterocycles. The van der Waals surface area contributed by atoms with Crippen molar-refractivity contribution in [3.8, 4) is 0 Å². The lowest BCUT2D eigenvalue weighted by atomic mass is 10.1. The third-order valence-electron chi connectivity index (χ3n) is 0.423. The molecule has 0 spiro atoms. The van der Waals surface area contributed by atoms with Crippen LogP contribution in [0.1, 0.15) is 6.92 Å². The van der Waals surface area contributed by atoms with Gasteiger partial charge in [0.25, 0.3) is 0 Å². The summed E-state index contributed by atoms with van der Waals surface area (Å²) in [5.41, 5.74) is 0. The van der Waals surface area contributed by atoms with Gasteiger partial charge in [-0.15, -0.1) is 0 Å². The van der Waals surface area contributed by atoms with Crippen molar-refractivity contribution in [1.82, 2.24) is 0 Å². The summed E-state index contributed by atoms with van der Waals surface area (Å²) in [5, 5.41) is 0. The van der Waals surface area contributed by atoms with Crippen molar-refractivity contribution < 1.29 is 9.53 Å². The maximum Gasteiger partial charge on any atom is 0.302 e. The molecule has 2 radical (unpaired) electrons. The van der Waals surface area contributed by atoms with Crippen molar-refractivity contribution in [2.45, 2.75) is 13.2 Å². The quantitative estimate of drug-likeness (QED) is 0.362. The fraction of sp³-hybridized carbons (Fsp3) is 0.750. The SMILES string of the molecule is [B]CCOC(C)=O. The first kappa shape index (κ1) is 6.53. The van der Waals surface area contributed by atoms with E-state index in [9.17, 15) is 4.79 Å². The zero-order valence-electron chi connectivity index (χ0n) is 4.31. The van der Waals surface area contributed by atoms with Crippen molar-refractivity contribution in [3.63, 3.8) is 0 Å². The van der Waals surface area contributed by atoms with Crippen molar-refractivity contribution in [3.05, 3.63) is 0 Å². The van der Waals surface area contributed by atoms with Crippen LogP contribution in [0.15, 0.2) is 0 Å². The van der Waals surface area contributed by atoms with Crippen LogP contribution in [0.4, 0.5) is 0 Å². The maximum atomic E-state index is 9.92. The average Bonchev–Trinajstić information content (AvgIpc) is 1.61. The number of rotatable bonds is 2. The number of ether oxygens (including phenoxy) is 1. The topological polar surface area (TPSA) is 26.3 Å². The number of esters is 1. The molecular weight excluding hydrogens is 90.9 g/mol. The van der Waals surface area contributed by atoms with Crippen molar-refractivity contribution >= 4 is 13.8 Å². The molecule has 0 fully saturated rings. The summed E-state index contributed by atoms with van der Waals surface area (Å²) in [6.07, 6.45) is 0.402. The van der Waals surface area contributed by atoms with Crippen LogP contribution < -0.4 is 0 Å². The van der Waals surface area contributed by atoms with Crippen LogP contribution in [0.5, 0.6) is 0 Å². The van der Waals surface area contributed by atoms with Gasteiger partial charge in [-0.1, -0.05) is 6.32 Å². The minimum atomic E-state index is -0.273. The van der Waals surface area contributed by atoms with E-state index in [0.29, 0.717) is 12.9 Å². The molecule has 7 heavy (non-hydrogen) atoms. The van der Waals surface area contributed by atoms with E-state index < -0.39 is 0 Å². The molecule has 0 amide bonds. The Labute approximate surface area is 44.3 Å². The number of carbonyl (C=O) groups excluding carboxylic acids is 1. The summed E-state index contributed by atoms with van der Waals surface area (Å²) in [6.45, 7) is 1.69. The summed E-state index contributed by atoms with van der Waals surface area (Å²) < 4.78 is 4.43. The molecule has 0 N–H and O–H groups in total. The molecule has 0 unspecified atom stereocenters. The molecule has 3 heteroatoms. The second kappa shape index (κ2) is 3.72. The molecular formula is C4H7BO2. The van der Waals surface area contributed by atoms with Gasteiger partial charge in [0.15, 0.2) is 0 Å². The number of carbonyl (C=O) groups is 1. The standard InChI is InChI=1S/C4H7BO2/c1-4(6)7-3-2-5/h2-3H2,1H3. The molecule has 0 aliphatic carbocycles. The van der Waals surface area contributed by atoms with Gasteiger partial charge in [0.2, 0.25) is 0 Å². The third-order valence-corrected chi connectivity index (χ3v) is 0.423. The van der Waals surface area contributed by atoms with Gasteiger partial charge in [0.05, 0.1) is 14.5 Å². The minimum absolute atomic E-state index is 0.273. The Morgan fingerprint density at radius 2 is 2.43 bits per heavy atom. The van der Waals surface area contributed by atoms with Gasteiger partial charge in [-0.2, -0.15) is 0 Å². The Bertz CT molecular complexity index is 62.7. The lowest BCUT2D eigenvalue weighted by Crippen LogP contribution is -1.98. The van der Waals surface area contributed by atoms with Crippen LogP contribution >= 0.6 is 0 Å². The third kappa shape index (κ3) is 5.53. The molecule has 0 aliphatic rings. The lowest BCUT2D eigenvalue weighted by molar-refractivity contribution is -0.140. The average molecular weight is 97.9 g/mol. The molecule has 0 heterocycles. The summed E-state index contributed by atoms with van der Waals surface area (Å²) in [5.74, 6) is -0.273. The zero-order valence-corrected chi connectivity index (χ0v) is 4.31. The smallest absolute Gasteiger partial charge is 0.302 e. The fourth-order valence-electron chi connectivity index (χ4n) is 0.203. The molecule has 0 rings (SSSR count). The molecule has 0 aromatic heterocycles. The highest BCUT2D eigenvalue weighted by Gasteiger charge is 1.85. The van der Waals surface area contributed by atoms with E-state index in [1.807, 2.05) is 0 Å². The maximum absolute atomic E-state index is 9.92. The first-order valence-corrected chi connectivity index (χ1v) is 2.11. The Balaban J connectivity index is 2.82. The predicted octanol–water partition coefficient (Wildman–Crippen LogP) is 0.136. The molecule has 0 bridgehead atoms. The second-order valence-corrected chi connectivity index (χ2v) is 1.13. The van der Waals surface area contributed by atoms with E-state index in [-0.39, 0.29) is 5.97 Å². The van der Waals surface area contributed by atoms with Gasteiger partial charge < -0.3 is 4.74 Å². The largest absolute Gasteiger partial charge is 0.467 e. The molecule has 0 aromatic rings. The summed E-state index contributed by atoms with van der Waals surface area (Å²) >= 11 is 0. The van der Waals surface area contributed by atoms with Gasteiger partial charge in [-0.05, 0) is 0 Å². The number of hydrogen-bond donors (Lipinski definition) is 0. The van der Waals surface area contributed by atoms with Gasteiger partial charge in [-0.3, -0.25) is 4.79 Å². The summed E-state index contributed by atoms with van der Waals surface area (Å²) in [6, 6.07) is 0. The second-order valence-electron chi connectivity index (χ2n) is 1.13. The van der Waals surface area contributed by atoms with Gasteiger partial charge in [0.1, 0.15) is 0 Å². The summed E-state index contributed by atoms with van der Waals surface area (Å²) in [4.78, 5) is 9.92. The minimum Gasteiger partial charge on any atom is -0.467 e. The first-order valence-electron chi connectivity index (χ1n) is 2.11. The van der Waals surface area contributed by atoms with E-state index in [4.69, 9.17) is 7.85 Å². The number of hydrogen-bond acceptors (Lipinski definition) is 2. The zero-order chi connectivity index (χ0) is 5.70. The van der Waals surface area contributed by atoms with Crippen LogP contribution in [-0.2, 0) is 9.53 Å². The molecule has 0 aromatic carbocycles. The molecule has 0 atom stereocenters. The summed E-state index contributed by atoms with van der Waals surface area (Å²) in [7, 11) is 5.00. The Morgan fingerprint density at radius 3 is 2.57 bits per heavy atom. The molecule has 38 valence electrons. The first-order chi connectivity index (χ1) is 3.27. The highest BCUT2D eigenvalue weighted by atomic mass is 16.5. The molecule has 2 nitrogen and oxygen atoms in total. The molecule has 0 aliphatic heterocycles. The van der Waals surface area contributed by atoms with E-state index in [2.05, 4.69) is 4.74 Å². The predicted molar refractivity (Wildman–Crippen MR) is 27.2 cm³/mol. The van der Waals surface area contributed by atoms with Crippen LogP contribution in [0.3, 0.4) is 0 Å². The van der Waals surface area contributed by atoms with Crippen molar-refractivity contribution in [2.24, 2.45) is 0 Å². The molecule has 0 saturated carbocycles. The fourth-order valence-corrected chi connectivity index (χ4v) is 0.203. The van der Waals surface area contributed by atoms with Crippen LogP contribution in [0.25, 0.3) is 0 Å². The van der Waals surface area contributed by atoms with Gasteiger partial charge in [-0.25, -0.2) is 0 Å². The van der Waals surface area contributed by atoms with E-state index in [0.717, 1.165) is 0 Å². The van der Waals surface area contributed by atoms with E-state index in [1.54, 1.807) is 0 Å². The highest BCUT2D eigenvalue weighted by molar-refractivity contribution is 6.08. The van der Waals surface area contributed by atoms with Crippen LogP contribution in [0.2, 0.25) is 6.32 Å². The van der Waals surface area contributed by atoms with Crippen molar-refractivity contribution in [1.29, 1.82) is 0 Å². The van der Waals surface area contributed by atoms with Crippen LogP contribution in [-0.4, -0.2) is 20.4 Å². The van der Waals surface area contributed by atoms with Crippen molar-refractivity contribution in [2.75, 3.05) is 6.61 Å². The van der Waals surface area contributed by atoms with Gasteiger partial charge >= 0.3 is 5.97 Å². The Kier molecular flexibility index (Phi) is 3.47. The monoisotopic (exact) mass is 98.1 g/mol. The Hall–Kier alpha value is -0.465. The van der Waals surface area contributed by atoms with Crippen LogP contribution in [0, 0.1) is 0 Å². The van der Waals surface area contributed by atoms with Gasteiger partial charge in [0, 0.05) is 6.92 Å². The van der Waals surface area contributed by atoms with E-state index >= 15 is 0 Å². The normalized spacial score (nSPS) is 8.14.